The Kier molecular flexibility index (Phi) is 6.11. The number of esters is 1. The van der Waals surface area contributed by atoms with E-state index in [1.165, 1.54) is 0 Å². The lowest BCUT2D eigenvalue weighted by Crippen LogP contribution is -2.46. The molecule has 0 aliphatic rings. The van der Waals surface area contributed by atoms with Crippen LogP contribution in [0, 0.1) is 11.3 Å². The zero-order chi connectivity index (χ0) is 16.8. The van der Waals surface area contributed by atoms with Crippen LogP contribution in [0.1, 0.15) is 45.2 Å². The van der Waals surface area contributed by atoms with Gasteiger partial charge in [0.2, 0.25) is 0 Å². The molecular formula is C17H22N2O3. The first-order valence-corrected chi connectivity index (χ1v) is 7.22. The highest BCUT2D eigenvalue weighted by Crippen LogP contribution is 2.08. The van der Waals surface area contributed by atoms with E-state index in [0.29, 0.717) is 12.0 Å². The number of nitrogens with one attached hydrogen (secondary N) is 1. The molecule has 1 N–H and O–H groups in total. The molecule has 0 saturated carbocycles. The number of hydrogen-bond donors (Lipinski definition) is 1. The van der Waals surface area contributed by atoms with Gasteiger partial charge in [0.05, 0.1) is 11.6 Å². The maximum atomic E-state index is 11.8. The van der Waals surface area contributed by atoms with Gasteiger partial charge in [-0.3, -0.25) is 9.59 Å². The van der Waals surface area contributed by atoms with Crippen LogP contribution in [0.5, 0.6) is 0 Å². The summed E-state index contributed by atoms with van der Waals surface area (Å²) in [6, 6.07) is 9.07. The van der Waals surface area contributed by atoms with Crippen molar-refractivity contribution < 1.29 is 14.3 Å². The van der Waals surface area contributed by atoms with E-state index in [1.807, 2.05) is 39.0 Å². The molecule has 1 aromatic carbocycles. The second-order valence-corrected chi connectivity index (χ2v) is 6.18. The topological polar surface area (TPSA) is 79.2 Å². The number of rotatable bonds is 5. The Bertz CT molecular complexity index is 565. The fourth-order valence-electron chi connectivity index (χ4n) is 1.77. The minimum absolute atomic E-state index is 0.193. The van der Waals surface area contributed by atoms with Crippen LogP contribution >= 0.6 is 0 Å². The van der Waals surface area contributed by atoms with Crippen LogP contribution < -0.4 is 5.32 Å². The number of aryl methyl sites for hydroxylation is 1. The summed E-state index contributed by atoms with van der Waals surface area (Å²) in [6.07, 6.45) is -0.107. The molecule has 0 bridgehead atoms. The first kappa shape index (κ1) is 17.7. The van der Waals surface area contributed by atoms with Crippen molar-refractivity contribution in [3.05, 3.63) is 35.4 Å². The van der Waals surface area contributed by atoms with E-state index in [9.17, 15) is 9.59 Å². The minimum Gasteiger partial charge on any atom is -0.453 e. The second kappa shape index (κ2) is 7.60. The lowest BCUT2D eigenvalue weighted by atomic mass is 10.1. The first-order valence-electron chi connectivity index (χ1n) is 7.22. The van der Waals surface area contributed by atoms with Crippen molar-refractivity contribution in [2.24, 2.45) is 0 Å². The van der Waals surface area contributed by atoms with E-state index < -0.39 is 12.1 Å². The van der Waals surface area contributed by atoms with E-state index >= 15 is 0 Å². The van der Waals surface area contributed by atoms with Gasteiger partial charge in [0, 0.05) is 12.0 Å². The van der Waals surface area contributed by atoms with Crippen LogP contribution in [0.25, 0.3) is 0 Å². The normalized spacial score (nSPS) is 12.1. The van der Waals surface area contributed by atoms with Gasteiger partial charge in [-0.25, -0.2) is 0 Å². The molecule has 0 heterocycles. The summed E-state index contributed by atoms with van der Waals surface area (Å²) in [7, 11) is 0. The van der Waals surface area contributed by atoms with Gasteiger partial charge in [0.1, 0.15) is 0 Å². The highest BCUT2D eigenvalue weighted by molar-refractivity contribution is 5.83. The van der Waals surface area contributed by atoms with Crippen LogP contribution in [0.15, 0.2) is 24.3 Å². The molecule has 0 saturated heterocycles. The summed E-state index contributed by atoms with van der Waals surface area (Å²) in [4.78, 5) is 23.6. The molecule has 1 aromatic rings. The van der Waals surface area contributed by atoms with E-state index in [1.54, 1.807) is 19.1 Å². The summed E-state index contributed by atoms with van der Waals surface area (Å²) < 4.78 is 5.12. The van der Waals surface area contributed by atoms with Crippen molar-refractivity contribution in [2.45, 2.75) is 52.2 Å². The highest BCUT2D eigenvalue weighted by Gasteiger charge is 2.22. The molecular weight excluding hydrogens is 280 g/mol. The Morgan fingerprint density at radius 3 is 2.36 bits per heavy atom. The molecule has 0 aliphatic heterocycles. The van der Waals surface area contributed by atoms with Crippen LogP contribution in [0.4, 0.5) is 0 Å². The van der Waals surface area contributed by atoms with E-state index in [4.69, 9.17) is 10.00 Å². The Hall–Kier alpha value is -2.35. The van der Waals surface area contributed by atoms with Crippen molar-refractivity contribution >= 4 is 11.9 Å². The monoisotopic (exact) mass is 302 g/mol. The van der Waals surface area contributed by atoms with Crippen molar-refractivity contribution in [3.8, 4) is 6.07 Å². The standard InChI is InChI=1S/C17H22N2O3/c1-12(16(21)19-17(2,3)4)22-15(20)10-9-13-5-7-14(11-18)8-6-13/h5-8,12H,9-10H2,1-4H3,(H,19,21)/t12-/m0/s1. The second-order valence-electron chi connectivity index (χ2n) is 6.18. The fourth-order valence-corrected chi connectivity index (χ4v) is 1.77. The van der Waals surface area contributed by atoms with Crippen LogP contribution in [0.3, 0.4) is 0 Å². The van der Waals surface area contributed by atoms with Gasteiger partial charge in [0.15, 0.2) is 6.10 Å². The van der Waals surface area contributed by atoms with Crippen molar-refractivity contribution in [3.63, 3.8) is 0 Å². The molecule has 0 fully saturated rings. The van der Waals surface area contributed by atoms with Gasteiger partial charge in [-0.05, 0) is 51.8 Å². The quantitative estimate of drug-likeness (QED) is 0.847. The van der Waals surface area contributed by atoms with Gasteiger partial charge >= 0.3 is 5.97 Å². The molecule has 22 heavy (non-hydrogen) atoms. The minimum atomic E-state index is -0.812. The zero-order valence-electron chi connectivity index (χ0n) is 13.5. The summed E-state index contributed by atoms with van der Waals surface area (Å²) >= 11 is 0. The number of benzene rings is 1. The lowest BCUT2D eigenvalue weighted by molar-refractivity contribution is -0.155. The van der Waals surface area contributed by atoms with Crippen LogP contribution in [0.2, 0.25) is 0 Å². The average molecular weight is 302 g/mol. The summed E-state index contributed by atoms with van der Waals surface area (Å²) in [6.45, 7) is 7.15. The van der Waals surface area contributed by atoms with Gasteiger partial charge in [-0.2, -0.15) is 5.26 Å². The summed E-state index contributed by atoms with van der Waals surface area (Å²) in [5, 5.41) is 11.5. The van der Waals surface area contributed by atoms with Gasteiger partial charge in [-0.1, -0.05) is 12.1 Å². The van der Waals surface area contributed by atoms with Crippen LogP contribution in [-0.2, 0) is 20.7 Å². The van der Waals surface area contributed by atoms with Crippen molar-refractivity contribution in [2.75, 3.05) is 0 Å². The molecule has 0 aromatic heterocycles. The Balaban J connectivity index is 2.42. The molecule has 1 amide bonds. The van der Waals surface area contributed by atoms with Gasteiger partial charge in [0.25, 0.3) is 5.91 Å². The number of nitriles is 1. The maximum Gasteiger partial charge on any atom is 0.306 e. The zero-order valence-corrected chi connectivity index (χ0v) is 13.5. The molecule has 0 unspecified atom stereocenters. The summed E-state index contributed by atoms with van der Waals surface area (Å²) in [5.74, 6) is -0.722. The molecule has 0 spiro atoms. The fraction of sp³-hybridized carbons (Fsp3) is 0.471. The van der Waals surface area contributed by atoms with Crippen molar-refractivity contribution in [1.29, 1.82) is 5.26 Å². The van der Waals surface area contributed by atoms with Gasteiger partial charge < -0.3 is 10.1 Å². The predicted octanol–water partition coefficient (Wildman–Crippen LogP) is 2.34. The third kappa shape index (κ3) is 6.40. The largest absolute Gasteiger partial charge is 0.453 e. The predicted molar refractivity (Wildman–Crippen MR) is 82.9 cm³/mol. The van der Waals surface area contributed by atoms with Crippen molar-refractivity contribution in [1.82, 2.24) is 5.32 Å². The molecule has 0 aliphatic carbocycles. The van der Waals surface area contributed by atoms with E-state index in [0.717, 1.165) is 5.56 Å². The number of ether oxygens (including phenoxy) is 1. The molecule has 1 atom stereocenters. The summed E-state index contributed by atoms with van der Waals surface area (Å²) in [5.41, 5.74) is 1.17. The number of amides is 1. The number of hydrogen-bond acceptors (Lipinski definition) is 4. The highest BCUT2D eigenvalue weighted by atomic mass is 16.5. The SMILES string of the molecule is C[C@H](OC(=O)CCc1ccc(C#N)cc1)C(=O)NC(C)(C)C. The van der Waals surface area contributed by atoms with E-state index in [-0.39, 0.29) is 17.9 Å². The lowest BCUT2D eigenvalue weighted by Gasteiger charge is -2.23. The number of carbonyl (C=O) groups is 2. The van der Waals surface area contributed by atoms with Gasteiger partial charge in [-0.15, -0.1) is 0 Å². The average Bonchev–Trinajstić information content (AvgIpc) is 2.43. The molecule has 118 valence electrons. The molecule has 0 radical (unpaired) electrons. The Morgan fingerprint density at radius 2 is 1.86 bits per heavy atom. The van der Waals surface area contributed by atoms with E-state index in [2.05, 4.69) is 5.32 Å². The molecule has 5 nitrogen and oxygen atoms in total. The number of nitrogens with zero attached hydrogens (tertiary/aromatic N) is 1. The number of carbonyl (C=O) groups excluding carboxylic acids is 2. The maximum absolute atomic E-state index is 11.8. The smallest absolute Gasteiger partial charge is 0.306 e. The third-order valence-corrected chi connectivity index (χ3v) is 2.88. The first-order chi connectivity index (χ1) is 10.2. The molecule has 5 heteroatoms. The Morgan fingerprint density at radius 1 is 1.27 bits per heavy atom. The Labute approximate surface area is 131 Å². The molecule has 1 rings (SSSR count). The third-order valence-electron chi connectivity index (χ3n) is 2.88. The van der Waals surface area contributed by atoms with Crippen LogP contribution in [-0.4, -0.2) is 23.5 Å².